The van der Waals surface area contributed by atoms with Crippen molar-refractivity contribution in [2.24, 2.45) is 0 Å². The van der Waals surface area contributed by atoms with E-state index in [2.05, 4.69) is 10.6 Å². The minimum atomic E-state index is -0.290. The van der Waals surface area contributed by atoms with Gasteiger partial charge in [0.1, 0.15) is 11.6 Å². The van der Waals surface area contributed by atoms with Gasteiger partial charge in [0.05, 0.1) is 6.61 Å². The lowest BCUT2D eigenvalue weighted by Crippen LogP contribution is -2.23. The van der Waals surface area contributed by atoms with Crippen molar-refractivity contribution >= 4 is 17.5 Å². The van der Waals surface area contributed by atoms with Crippen molar-refractivity contribution in [2.75, 3.05) is 11.9 Å². The molecule has 0 atom stereocenters. The highest BCUT2D eigenvalue weighted by molar-refractivity contribution is 5.94. The minimum absolute atomic E-state index is 0.0396. The number of benzene rings is 2. The highest BCUT2D eigenvalue weighted by Crippen LogP contribution is 2.26. The number of carbonyl (C=O) groups is 2. The Labute approximate surface area is 151 Å². The maximum atomic E-state index is 12.8. The summed E-state index contributed by atoms with van der Waals surface area (Å²) in [5.74, 6) is 0.428. The fourth-order valence-corrected chi connectivity index (χ4v) is 2.76. The van der Waals surface area contributed by atoms with E-state index >= 15 is 0 Å². The van der Waals surface area contributed by atoms with Crippen molar-refractivity contribution in [2.45, 2.75) is 32.2 Å². The first-order valence-electron chi connectivity index (χ1n) is 8.67. The quantitative estimate of drug-likeness (QED) is 0.749. The Morgan fingerprint density at radius 1 is 1.15 bits per heavy atom. The second-order valence-electron chi connectivity index (χ2n) is 6.22. The summed E-state index contributed by atoms with van der Waals surface area (Å²) < 4.78 is 18.5. The van der Waals surface area contributed by atoms with Crippen molar-refractivity contribution in [1.29, 1.82) is 0 Å². The lowest BCUT2D eigenvalue weighted by Gasteiger charge is -2.17. The summed E-state index contributed by atoms with van der Waals surface area (Å²) in [5.41, 5.74) is 2.77. The van der Waals surface area contributed by atoms with Crippen molar-refractivity contribution in [3.63, 3.8) is 0 Å². The molecule has 0 fully saturated rings. The molecule has 136 valence electrons. The minimum Gasteiger partial charge on any atom is -0.494 e. The van der Waals surface area contributed by atoms with Gasteiger partial charge in [-0.3, -0.25) is 9.59 Å². The summed E-state index contributed by atoms with van der Waals surface area (Å²) in [7, 11) is 0. The molecule has 0 spiro atoms. The number of carbonyl (C=O) groups excluding carboxylic acids is 2. The van der Waals surface area contributed by atoms with Crippen LogP contribution in [0.4, 0.5) is 10.1 Å². The fourth-order valence-electron chi connectivity index (χ4n) is 2.76. The van der Waals surface area contributed by atoms with Gasteiger partial charge in [0.25, 0.3) is 0 Å². The molecule has 0 radical (unpaired) electrons. The summed E-state index contributed by atoms with van der Waals surface area (Å²) in [6.45, 7) is 0.825. The Kier molecular flexibility index (Phi) is 5.84. The van der Waals surface area contributed by atoms with Crippen LogP contribution in [-0.2, 0) is 22.6 Å². The number of anilines is 1. The van der Waals surface area contributed by atoms with Gasteiger partial charge in [-0.25, -0.2) is 4.39 Å². The van der Waals surface area contributed by atoms with Crippen LogP contribution in [-0.4, -0.2) is 18.4 Å². The van der Waals surface area contributed by atoms with Gasteiger partial charge in [-0.1, -0.05) is 12.1 Å². The molecule has 1 aliphatic rings. The fraction of sp³-hybridized carbons (Fsp3) is 0.300. The third-order valence-corrected chi connectivity index (χ3v) is 4.19. The number of ether oxygens (including phenoxy) is 1. The number of aryl methyl sites for hydroxylation is 1. The third-order valence-electron chi connectivity index (χ3n) is 4.19. The Morgan fingerprint density at radius 2 is 1.96 bits per heavy atom. The van der Waals surface area contributed by atoms with Gasteiger partial charge in [-0.2, -0.15) is 0 Å². The van der Waals surface area contributed by atoms with Crippen molar-refractivity contribution in [1.82, 2.24) is 5.32 Å². The van der Waals surface area contributed by atoms with Crippen LogP contribution in [0, 0.1) is 5.82 Å². The van der Waals surface area contributed by atoms with E-state index in [9.17, 15) is 14.0 Å². The van der Waals surface area contributed by atoms with E-state index < -0.39 is 0 Å². The molecule has 0 unspecified atom stereocenters. The molecule has 0 saturated heterocycles. The molecule has 1 heterocycles. The maximum absolute atomic E-state index is 12.8. The predicted molar refractivity (Wildman–Crippen MR) is 96.4 cm³/mol. The zero-order valence-corrected chi connectivity index (χ0v) is 14.4. The van der Waals surface area contributed by atoms with Crippen LogP contribution in [0.3, 0.4) is 0 Å². The molecule has 5 nitrogen and oxygen atoms in total. The van der Waals surface area contributed by atoms with Crippen molar-refractivity contribution in [3.05, 3.63) is 59.4 Å². The molecule has 26 heavy (non-hydrogen) atoms. The van der Waals surface area contributed by atoms with Gasteiger partial charge in [-0.15, -0.1) is 0 Å². The molecule has 1 aliphatic heterocycles. The average Bonchev–Trinajstić information content (AvgIpc) is 2.65. The van der Waals surface area contributed by atoms with Gasteiger partial charge in [0.2, 0.25) is 11.8 Å². The van der Waals surface area contributed by atoms with E-state index in [0.717, 1.165) is 22.6 Å². The van der Waals surface area contributed by atoms with Crippen LogP contribution >= 0.6 is 0 Å². The first-order valence-corrected chi connectivity index (χ1v) is 8.67. The van der Waals surface area contributed by atoms with E-state index in [1.165, 1.54) is 12.1 Å². The molecular weight excluding hydrogens is 335 g/mol. The Bertz CT molecular complexity index is 790. The third kappa shape index (κ3) is 5.05. The number of fused-ring (bicyclic) bond motifs is 1. The molecule has 2 aromatic rings. The van der Waals surface area contributed by atoms with Gasteiger partial charge in [-0.05, 0) is 54.3 Å². The first kappa shape index (κ1) is 17.9. The first-order chi connectivity index (χ1) is 12.6. The summed E-state index contributed by atoms with van der Waals surface area (Å²) in [6.07, 6.45) is 2.17. The topological polar surface area (TPSA) is 67.4 Å². The van der Waals surface area contributed by atoms with Crippen LogP contribution in [0.15, 0.2) is 42.5 Å². The van der Waals surface area contributed by atoms with E-state index in [1.54, 1.807) is 12.1 Å². The van der Waals surface area contributed by atoms with E-state index in [0.29, 0.717) is 38.8 Å². The molecule has 0 aromatic heterocycles. The van der Waals surface area contributed by atoms with Crippen LogP contribution in [0.1, 0.15) is 30.4 Å². The second kappa shape index (κ2) is 8.47. The summed E-state index contributed by atoms with van der Waals surface area (Å²) >= 11 is 0. The van der Waals surface area contributed by atoms with Gasteiger partial charge in [0.15, 0.2) is 0 Å². The number of nitrogens with one attached hydrogen (secondary N) is 2. The van der Waals surface area contributed by atoms with E-state index in [-0.39, 0.29) is 17.6 Å². The van der Waals surface area contributed by atoms with Crippen molar-refractivity contribution < 1.29 is 18.7 Å². The van der Waals surface area contributed by atoms with Gasteiger partial charge >= 0.3 is 0 Å². The number of halogens is 1. The van der Waals surface area contributed by atoms with Gasteiger partial charge in [0, 0.05) is 25.1 Å². The number of rotatable bonds is 7. The number of hydrogen-bond acceptors (Lipinski definition) is 3. The van der Waals surface area contributed by atoms with Crippen molar-refractivity contribution in [3.8, 4) is 5.75 Å². The molecule has 2 amide bonds. The molecule has 2 aromatic carbocycles. The molecule has 2 N–H and O–H groups in total. The summed E-state index contributed by atoms with van der Waals surface area (Å²) in [4.78, 5) is 23.2. The number of hydrogen-bond donors (Lipinski definition) is 2. The lowest BCUT2D eigenvalue weighted by atomic mass is 10.0. The summed E-state index contributed by atoms with van der Waals surface area (Å²) in [6, 6.07) is 11.6. The lowest BCUT2D eigenvalue weighted by molar-refractivity contribution is -0.121. The molecule has 6 heteroatoms. The van der Waals surface area contributed by atoms with E-state index in [1.807, 2.05) is 18.2 Å². The Hall–Kier alpha value is -2.89. The Balaban J connectivity index is 1.36. The molecule has 0 saturated carbocycles. The van der Waals surface area contributed by atoms with Gasteiger partial charge < -0.3 is 15.4 Å². The van der Waals surface area contributed by atoms with Crippen LogP contribution in [0.2, 0.25) is 0 Å². The molecule has 0 aliphatic carbocycles. The summed E-state index contributed by atoms with van der Waals surface area (Å²) in [5, 5.41) is 5.64. The smallest absolute Gasteiger partial charge is 0.224 e. The highest BCUT2D eigenvalue weighted by Gasteiger charge is 2.15. The standard InChI is InChI=1S/C20H21FN2O3/c21-16-6-3-14(4-7-16)13-22-19(24)2-1-11-26-17-8-9-18-15(12-17)5-10-20(25)23-18/h3-4,6-9,12H,1-2,5,10-11,13H2,(H,22,24)(H,23,25). The number of amides is 2. The monoisotopic (exact) mass is 356 g/mol. The largest absolute Gasteiger partial charge is 0.494 e. The highest BCUT2D eigenvalue weighted by atomic mass is 19.1. The zero-order chi connectivity index (χ0) is 18.4. The Morgan fingerprint density at radius 3 is 2.77 bits per heavy atom. The second-order valence-corrected chi connectivity index (χ2v) is 6.22. The van der Waals surface area contributed by atoms with Crippen LogP contribution in [0.25, 0.3) is 0 Å². The molecule has 3 rings (SSSR count). The van der Waals surface area contributed by atoms with Crippen LogP contribution < -0.4 is 15.4 Å². The van der Waals surface area contributed by atoms with E-state index in [4.69, 9.17) is 4.74 Å². The maximum Gasteiger partial charge on any atom is 0.224 e. The van der Waals surface area contributed by atoms with Crippen LogP contribution in [0.5, 0.6) is 5.75 Å². The zero-order valence-electron chi connectivity index (χ0n) is 14.4. The SMILES string of the molecule is O=C(CCCOc1ccc2c(c1)CCC(=O)N2)NCc1ccc(F)cc1. The molecular formula is C20H21FN2O3. The normalized spacial score (nSPS) is 12.9. The predicted octanol–water partition coefficient (Wildman–Crippen LogP) is 3.19. The molecule has 0 bridgehead atoms. The average molecular weight is 356 g/mol.